The van der Waals surface area contributed by atoms with Crippen LogP contribution >= 0.6 is 0 Å². The van der Waals surface area contributed by atoms with E-state index in [9.17, 15) is 22.8 Å². The molecule has 8 heteroatoms. The van der Waals surface area contributed by atoms with E-state index >= 15 is 0 Å². The number of rotatable bonds is 4. The summed E-state index contributed by atoms with van der Waals surface area (Å²) in [5, 5.41) is 0. The van der Waals surface area contributed by atoms with E-state index in [0.29, 0.717) is 19.5 Å². The van der Waals surface area contributed by atoms with Gasteiger partial charge in [-0.05, 0) is 56.0 Å². The van der Waals surface area contributed by atoms with Gasteiger partial charge in [0, 0.05) is 25.6 Å². The average molecular weight is 398 g/mol. The molecule has 0 N–H and O–H groups in total. The van der Waals surface area contributed by atoms with Crippen LogP contribution in [0.5, 0.6) is 5.75 Å². The van der Waals surface area contributed by atoms with Crippen molar-refractivity contribution in [3.63, 3.8) is 0 Å². The van der Waals surface area contributed by atoms with Crippen LogP contribution in [-0.2, 0) is 16.1 Å². The standard InChI is InChI=1S/C20H25F3N2O3/c1-19(9-12-24(2)18(27)17(19)26)15-7-10-25(11-8-15)13-14-3-5-16(6-4-14)28-20(21,22)23/h3-6,15H,7-13H2,1-2H3. The lowest BCUT2D eigenvalue weighted by molar-refractivity contribution is -0.274. The molecule has 2 saturated heterocycles. The molecule has 1 amide bonds. The maximum Gasteiger partial charge on any atom is 0.573 e. The summed E-state index contributed by atoms with van der Waals surface area (Å²) in [6, 6.07) is 5.90. The number of hydrogen-bond donors (Lipinski definition) is 0. The van der Waals surface area contributed by atoms with Crippen LogP contribution in [0.4, 0.5) is 13.2 Å². The topological polar surface area (TPSA) is 49.9 Å². The first-order valence-corrected chi connectivity index (χ1v) is 9.45. The van der Waals surface area contributed by atoms with Crippen molar-refractivity contribution >= 4 is 11.7 Å². The van der Waals surface area contributed by atoms with Crippen molar-refractivity contribution in [3.05, 3.63) is 29.8 Å². The van der Waals surface area contributed by atoms with Gasteiger partial charge in [-0.15, -0.1) is 13.2 Å². The highest BCUT2D eigenvalue weighted by Gasteiger charge is 2.48. The number of amides is 1. The average Bonchev–Trinajstić information content (AvgIpc) is 2.64. The molecule has 2 aliphatic rings. The number of hydrogen-bond acceptors (Lipinski definition) is 4. The fraction of sp³-hybridized carbons (Fsp3) is 0.600. The molecule has 0 aromatic heterocycles. The zero-order chi connectivity index (χ0) is 20.5. The summed E-state index contributed by atoms with van der Waals surface area (Å²) in [5.74, 6) is -0.720. The van der Waals surface area contributed by atoms with Gasteiger partial charge in [0.15, 0.2) is 0 Å². The highest BCUT2D eigenvalue weighted by Crippen LogP contribution is 2.41. The van der Waals surface area contributed by atoms with Crippen molar-refractivity contribution in [2.45, 2.75) is 39.1 Å². The summed E-state index contributed by atoms with van der Waals surface area (Å²) in [6.45, 7) is 4.73. The first-order chi connectivity index (χ1) is 13.1. The number of ketones is 1. The van der Waals surface area contributed by atoms with E-state index in [-0.39, 0.29) is 17.5 Å². The van der Waals surface area contributed by atoms with Crippen molar-refractivity contribution < 1.29 is 27.5 Å². The summed E-state index contributed by atoms with van der Waals surface area (Å²) >= 11 is 0. The third-order valence-corrected chi connectivity index (χ3v) is 6.08. The number of likely N-dealkylation sites (N-methyl/N-ethyl adjacent to an activating group) is 1. The molecule has 0 saturated carbocycles. The van der Waals surface area contributed by atoms with E-state index in [1.54, 1.807) is 19.2 Å². The first-order valence-electron chi connectivity index (χ1n) is 9.45. The fourth-order valence-corrected chi connectivity index (χ4v) is 4.21. The largest absolute Gasteiger partial charge is 0.573 e. The summed E-state index contributed by atoms with van der Waals surface area (Å²) in [5.41, 5.74) is 0.316. The number of likely N-dealkylation sites (tertiary alicyclic amines) is 2. The molecular weight excluding hydrogens is 373 g/mol. The Bertz CT molecular complexity index is 727. The van der Waals surface area contributed by atoms with Gasteiger partial charge in [-0.3, -0.25) is 14.5 Å². The second kappa shape index (κ2) is 7.73. The first kappa shape index (κ1) is 20.6. The van der Waals surface area contributed by atoms with Gasteiger partial charge in [0.05, 0.1) is 0 Å². The van der Waals surface area contributed by atoms with Crippen molar-refractivity contribution in [2.24, 2.45) is 11.3 Å². The smallest absolute Gasteiger partial charge is 0.406 e. The molecule has 0 radical (unpaired) electrons. The lowest BCUT2D eigenvalue weighted by Crippen LogP contribution is -2.54. The van der Waals surface area contributed by atoms with E-state index in [2.05, 4.69) is 9.64 Å². The minimum Gasteiger partial charge on any atom is -0.406 e. The molecule has 3 rings (SSSR count). The predicted octanol–water partition coefficient (Wildman–Crippen LogP) is 3.23. The third kappa shape index (κ3) is 4.48. The molecule has 0 spiro atoms. The lowest BCUT2D eigenvalue weighted by Gasteiger charge is -2.44. The highest BCUT2D eigenvalue weighted by molar-refractivity contribution is 6.38. The van der Waals surface area contributed by atoms with Gasteiger partial charge in [-0.1, -0.05) is 19.1 Å². The second-order valence-electron chi connectivity index (χ2n) is 7.97. The Labute approximate surface area is 162 Å². The minimum absolute atomic E-state index is 0.177. The van der Waals surface area contributed by atoms with Crippen LogP contribution in [0.2, 0.25) is 0 Å². The van der Waals surface area contributed by atoms with Crippen LogP contribution in [0.25, 0.3) is 0 Å². The Hall–Kier alpha value is -2.09. The van der Waals surface area contributed by atoms with Crippen LogP contribution < -0.4 is 4.74 Å². The molecule has 1 aromatic carbocycles. The molecule has 154 valence electrons. The molecular formula is C20H25F3N2O3. The van der Waals surface area contributed by atoms with E-state index < -0.39 is 17.7 Å². The summed E-state index contributed by atoms with van der Waals surface area (Å²) < 4.78 is 40.6. The fourth-order valence-electron chi connectivity index (χ4n) is 4.21. The van der Waals surface area contributed by atoms with Crippen molar-refractivity contribution in [2.75, 3.05) is 26.7 Å². The summed E-state index contributed by atoms with van der Waals surface area (Å²) in [4.78, 5) is 28.4. The Morgan fingerprint density at radius 2 is 1.71 bits per heavy atom. The van der Waals surface area contributed by atoms with Gasteiger partial charge >= 0.3 is 6.36 Å². The van der Waals surface area contributed by atoms with E-state index in [1.807, 2.05) is 6.92 Å². The monoisotopic (exact) mass is 398 g/mol. The van der Waals surface area contributed by atoms with Gasteiger partial charge in [-0.2, -0.15) is 0 Å². The molecule has 2 aliphatic heterocycles. The number of carbonyl (C=O) groups excluding carboxylic acids is 2. The van der Waals surface area contributed by atoms with Gasteiger partial charge in [0.25, 0.3) is 5.91 Å². The predicted molar refractivity (Wildman–Crippen MR) is 96.5 cm³/mol. The van der Waals surface area contributed by atoms with E-state index in [4.69, 9.17) is 0 Å². The highest BCUT2D eigenvalue weighted by atomic mass is 19.4. The molecule has 5 nitrogen and oxygen atoms in total. The molecule has 0 bridgehead atoms. The summed E-state index contributed by atoms with van der Waals surface area (Å²) in [6.07, 6.45) is -2.34. The van der Waals surface area contributed by atoms with Crippen molar-refractivity contribution in [1.82, 2.24) is 9.80 Å². The Balaban J connectivity index is 1.54. The Morgan fingerprint density at radius 1 is 1.11 bits per heavy atom. The Kier molecular flexibility index (Phi) is 5.70. The molecule has 2 heterocycles. The van der Waals surface area contributed by atoms with Crippen LogP contribution in [-0.4, -0.2) is 54.5 Å². The second-order valence-corrected chi connectivity index (χ2v) is 7.97. The molecule has 2 fully saturated rings. The molecule has 0 aliphatic carbocycles. The van der Waals surface area contributed by atoms with Gasteiger partial charge < -0.3 is 9.64 Å². The zero-order valence-electron chi connectivity index (χ0n) is 16.1. The normalized spacial score (nSPS) is 25.2. The van der Waals surface area contributed by atoms with Crippen LogP contribution in [0.15, 0.2) is 24.3 Å². The molecule has 28 heavy (non-hydrogen) atoms. The molecule has 1 atom stereocenters. The van der Waals surface area contributed by atoms with Gasteiger partial charge in [0.1, 0.15) is 5.75 Å². The molecule has 1 unspecified atom stereocenters. The van der Waals surface area contributed by atoms with Crippen LogP contribution in [0, 0.1) is 11.3 Å². The number of benzene rings is 1. The summed E-state index contributed by atoms with van der Waals surface area (Å²) in [7, 11) is 1.66. The maximum atomic E-state index is 12.6. The zero-order valence-corrected chi connectivity index (χ0v) is 16.1. The number of alkyl halides is 3. The number of halogens is 3. The number of carbonyl (C=O) groups is 2. The quantitative estimate of drug-likeness (QED) is 0.731. The maximum absolute atomic E-state index is 12.6. The number of Topliss-reactive ketones (excluding diaryl/α,β-unsaturated/α-hetero) is 1. The van der Waals surface area contributed by atoms with Crippen molar-refractivity contribution in [3.8, 4) is 5.75 Å². The van der Waals surface area contributed by atoms with Crippen molar-refractivity contribution in [1.29, 1.82) is 0 Å². The number of piperidine rings is 2. The third-order valence-electron chi connectivity index (χ3n) is 6.08. The van der Waals surface area contributed by atoms with Crippen LogP contribution in [0.3, 0.4) is 0 Å². The Morgan fingerprint density at radius 3 is 2.29 bits per heavy atom. The van der Waals surface area contributed by atoms with Crippen LogP contribution in [0.1, 0.15) is 31.7 Å². The number of ether oxygens (including phenoxy) is 1. The van der Waals surface area contributed by atoms with Gasteiger partial charge in [-0.25, -0.2) is 0 Å². The lowest BCUT2D eigenvalue weighted by atomic mass is 9.66. The molecule has 1 aromatic rings. The minimum atomic E-state index is -4.69. The van der Waals surface area contributed by atoms with E-state index in [0.717, 1.165) is 31.5 Å². The number of nitrogens with zero attached hydrogens (tertiary/aromatic N) is 2. The SMILES string of the molecule is CN1CCC(C)(C2CCN(Cc3ccc(OC(F)(F)F)cc3)CC2)C(=O)C1=O. The van der Waals surface area contributed by atoms with Gasteiger partial charge in [0.2, 0.25) is 5.78 Å². The van der Waals surface area contributed by atoms with E-state index in [1.165, 1.54) is 17.0 Å².